The van der Waals surface area contributed by atoms with Crippen LogP contribution >= 0.6 is 0 Å². The van der Waals surface area contributed by atoms with Crippen LogP contribution in [0, 0.1) is 19.8 Å². The van der Waals surface area contributed by atoms with Crippen molar-refractivity contribution in [1.29, 1.82) is 0 Å². The molecule has 1 saturated heterocycles. The molecule has 1 fully saturated rings. The molecule has 1 N–H and O–H groups in total. The molecular formula is C15H23NO. The number of nitrogens with one attached hydrogen (secondary N) is 1. The molecule has 2 unspecified atom stereocenters. The molecule has 0 amide bonds. The van der Waals surface area contributed by atoms with Crippen LogP contribution in [-0.2, 0) is 11.3 Å². The Bertz CT molecular complexity index is 375. The molecule has 0 aromatic heterocycles. The van der Waals surface area contributed by atoms with E-state index >= 15 is 0 Å². The Morgan fingerprint density at radius 2 is 2.18 bits per heavy atom. The molecule has 0 saturated carbocycles. The highest BCUT2D eigenvalue weighted by molar-refractivity contribution is 5.32. The van der Waals surface area contributed by atoms with Crippen LogP contribution in [0.25, 0.3) is 0 Å². The van der Waals surface area contributed by atoms with Crippen molar-refractivity contribution in [1.82, 2.24) is 5.32 Å². The van der Waals surface area contributed by atoms with Crippen molar-refractivity contribution < 1.29 is 4.74 Å². The van der Waals surface area contributed by atoms with Crippen molar-refractivity contribution in [2.24, 2.45) is 5.92 Å². The van der Waals surface area contributed by atoms with Crippen LogP contribution in [-0.4, -0.2) is 19.3 Å². The SMILES string of the molecule is Cc1cccc(CNCC2CCOC2C)c1C. The Morgan fingerprint density at radius 3 is 2.88 bits per heavy atom. The molecule has 1 aliphatic heterocycles. The van der Waals surface area contributed by atoms with Crippen LogP contribution in [0.15, 0.2) is 18.2 Å². The quantitative estimate of drug-likeness (QED) is 0.863. The number of ether oxygens (including phenoxy) is 1. The summed E-state index contributed by atoms with van der Waals surface area (Å²) in [4.78, 5) is 0. The Balaban J connectivity index is 1.84. The first-order valence-corrected chi connectivity index (χ1v) is 6.56. The highest BCUT2D eigenvalue weighted by Gasteiger charge is 2.23. The van der Waals surface area contributed by atoms with Gasteiger partial charge in [-0.3, -0.25) is 0 Å². The molecule has 0 aliphatic carbocycles. The standard InChI is InChI=1S/C15H23NO/c1-11-5-4-6-14(12(11)2)9-16-10-15-7-8-17-13(15)3/h4-6,13,15-16H,7-10H2,1-3H3. The summed E-state index contributed by atoms with van der Waals surface area (Å²) in [7, 11) is 0. The Hall–Kier alpha value is -0.860. The van der Waals surface area contributed by atoms with E-state index in [1.165, 1.54) is 23.1 Å². The predicted molar refractivity (Wildman–Crippen MR) is 71.1 cm³/mol. The highest BCUT2D eigenvalue weighted by Crippen LogP contribution is 2.19. The van der Waals surface area contributed by atoms with E-state index < -0.39 is 0 Å². The fraction of sp³-hybridized carbons (Fsp3) is 0.600. The first-order chi connectivity index (χ1) is 8.18. The first kappa shape index (κ1) is 12.6. The highest BCUT2D eigenvalue weighted by atomic mass is 16.5. The molecule has 0 spiro atoms. The fourth-order valence-corrected chi connectivity index (χ4v) is 2.44. The van der Waals surface area contributed by atoms with Gasteiger partial charge in [0.2, 0.25) is 0 Å². The van der Waals surface area contributed by atoms with Gasteiger partial charge in [-0.2, -0.15) is 0 Å². The number of aryl methyl sites for hydroxylation is 1. The largest absolute Gasteiger partial charge is 0.378 e. The Kier molecular flexibility index (Phi) is 4.19. The molecule has 1 heterocycles. The minimum absolute atomic E-state index is 0.418. The van der Waals surface area contributed by atoms with Crippen LogP contribution in [0.4, 0.5) is 0 Å². The van der Waals surface area contributed by atoms with Crippen molar-refractivity contribution in [2.45, 2.75) is 39.8 Å². The number of hydrogen-bond acceptors (Lipinski definition) is 2. The summed E-state index contributed by atoms with van der Waals surface area (Å²) in [5.74, 6) is 0.681. The second-order valence-electron chi connectivity index (χ2n) is 5.11. The summed E-state index contributed by atoms with van der Waals surface area (Å²) >= 11 is 0. The summed E-state index contributed by atoms with van der Waals surface area (Å²) < 4.78 is 5.57. The van der Waals surface area contributed by atoms with Crippen molar-refractivity contribution in [3.8, 4) is 0 Å². The molecule has 2 heteroatoms. The van der Waals surface area contributed by atoms with E-state index in [2.05, 4.69) is 44.3 Å². The average Bonchev–Trinajstić information content (AvgIpc) is 2.71. The fourth-order valence-electron chi connectivity index (χ4n) is 2.44. The Labute approximate surface area is 104 Å². The summed E-state index contributed by atoms with van der Waals surface area (Å²) in [5.41, 5.74) is 4.20. The van der Waals surface area contributed by atoms with Gasteiger partial charge >= 0.3 is 0 Å². The molecular weight excluding hydrogens is 210 g/mol. The van der Waals surface area contributed by atoms with Gasteiger partial charge in [0.15, 0.2) is 0 Å². The van der Waals surface area contributed by atoms with E-state index in [-0.39, 0.29) is 0 Å². The number of rotatable bonds is 4. The van der Waals surface area contributed by atoms with E-state index in [9.17, 15) is 0 Å². The van der Waals surface area contributed by atoms with Crippen LogP contribution in [0.1, 0.15) is 30.0 Å². The van der Waals surface area contributed by atoms with Crippen molar-refractivity contribution in [3.05, 3.63) is 34.9 Å². The van der Waals surface area contributed by atoms with Gasteiger partial charge in [0.25, 0.3) is 0 Å². The summed E-state index contributed by atoms with van der Waals surface area (Å²) in [6, 6.07) is 6.52. The van der Waals surface area contributed by atoms with Crippen LogP contribution in [0.5, 0.6) is 0 Å². The van der Waals surface area contributed by atoms with Gasteiger partial charge < -0.3 is 10.1 Å². The van der Waals surface area contributed by atoms with Crippen molar-refractivity contribution in [2.75, 3.05) is 13.2 Å². The molecule has 0 radical (unpaired) electrons. The second kappa shape index (κ2) is 5.65. The zero-order chi connectivity index (χ0) is 12.3. The van der Waals surface area contributed by atoms with Crippen molar-refractivity contribution >= 4 is 0 Å². The molecule has 2 atom stereocenters. The van der Waals surface area contributed by atoms with Gasteiger partial charge in [-0.05, 0) is 49.8 Å². The molecule has 1 aromatic carbocycles. The minimum Gasteiger partial charge on any atom is -0.378 e. The third kappa shape index (κ3) is 3.08. The van der Waals surface area contributed by atoms with Gasteiger partial charge in [-0.1, -0.05) is 18.2 Å². The zero-order valence-corrected chi connectivity index (χ0v) is 11.1. The van der Waals surface area contributed by atoms with E-state index in [0.717, 1.165) is 19.7 Å². The first-order valence-electron chi connectivity index (χ1n) is 6.56. The van der Waals surface area contributed by atoms with Crippen LogP contribution in [0.3, 0.4) is 0 Å². The molecule has 1 aliphatic rings. The molecule has 2 nitrogen and oxygen atoms in total. The molecule has 17 heavy (non-hydrogen) atoms. The number of hydrogen-bond donors (Lipinski definition) is 1. The normalized spacial score (nSPS) is 24.2. The molecule has 2 rings (SSSR count). The monoisotopic (exact) mass is 233 g/mol. The van der Waals surface area contributed by atoms with Crippen LogP contribution < -0.4 is 5.32 Å². The molecule has 1 aromatic rings. The summed E-state index contributed by atoms with van der Waals surface area (Å²) in [6.07, 6.45) is 1.61. The third-order valence-corrected chi connectivity index (χ3v) is 3.97. The van der Waals surface area contributed by atoms with Gasteiger partial charge in [0.1, 0.15) is 0 Å². The average molecular weight is 233 g/mol. The predicted octanol–water partition coefficient (Wildman–Crippen LogP) is 2.82. The summed E-state index contributed by atoms with van der Waals surface area (Å²) in [6.45, 7) is 9.51. The Morgan fingerprint density at radius 1 is 1.35 bits per heavy atom. The lowest BCUT2D eigenvalue weighted by atomic mass is 10.0. The van der Waals surface area contributed by atoms with E-state index in [1.807, 2.05) is 0 Å². The van der Waals surface area contributed by atoms with Crippen LogP contribution in [0.2, 0.25) is 0 Å². The lowest BCUT2D eigenvalue weighted by molar-refractivity contribution is 0.105. The van der Waals surface area contributed by atoms with E-state index in [0.29, 0.717) is 12.0 Å². The minimum atomic E-state index is 0.418. The maximum atomic E-state index is 5.57. The molecule has 94 valence electrons. The maximum absolute atomic E-state index is 5.57. The smallest absolute Gasteiger partial charge is 0.0588 e. The topological polar surface area (TPSA) is 21.3 Å². The maximum Gasteiger partial charge on any atom is 0.0588 e. The van der Waals surface area contributed by atoms with Gasteiger partial charge in [0, 0.05) is 19.7 Å². The van der Waals surface area contributed by atoms with E-state index in [1.54, 1.807) is 0 Å². The van der Waals surface area contributed by atoms with E-state index in [4.69, 9.17) is 4.74 Å². The van der Waals surface area contributed by atoms with Gasteiger partial charge in [-0.25, -0.2) is 0 Å². The lowest BCUT2D eigenvalue weighted by Crippen LogP contribution is -2.26. The third-order valence-electron chi connectivity index (χ3n) is 3.97. The van der Waals surface area contributed by atoms with Gasteiger partial charge in [0.05, 0.1) is 6.10 Å². The lowest BCUT2D eigenvalue weighted by Gasteiger charge is -2.16. The molecule has 0 bridgehead atoms. The summed E-state index contributed by atoms with van der Waals surface area (Å²) in [5, 5.41) is 3.56. The number of benzene rings is 1. The van der Waals surface area contributed by atoms with Crippen molar-refractivity contribution in [3.63, 3.8) is 0 Å². The second-order valence-corrected chi connectivity index (χ2v) is 5.11. The van der Waals surface area contributed by atoms with Gasteiger partial charge in [-0.15, -0.1) is 0 Å². The zero-order valence-electron chi connectivity index (χ0n) is 11.1.